The molecule has 1 N–H and O–H groups in total. The number of aromatic carboxylic acids is 1. The Balaban J connectivity index is 1.88. The van der Waals surface area contributed by atoms with Gasteiger partial charge in [0.2, 0.25) is 0 Å². The molecule has 1 unspecified atom stereocenters. The average molecular weight is 260 g/mol. The molecule has 0 amide bonds. The number of aromatic nitrogens is 2. The van der Waals surface area contributed by atoms with Crippen LogP contribution >= 0.6 is 0 Å². The molecule has 0 aromatic carbocycles. The van der Waals surface area contributed by atoms with E-state index in [0.717, 1.165) is 38.2 Å². The first-order chi connectivity index (χ1) is 9.24. The summed E-state index contributed by atoms with van der Waals surface area (Å²) in [5.41, 5.74) is 1.87. The molecular weight excluding hydrogens is 244 g/mol. The molecule has 2 aromatic rings. The Bertz CT molecular complexity index is 600. The normalized spacial score (nSPS) is 19.7. The molecule has 1 fully saturated rings. The van der Waals surface area contributed by atoms with Crippen molar-refractivity contribution >= 4 is 11.6 Å². The molecule has 0 saturated carbocycles. The summed E-state index contributed by atoms with van der Waals surface area (Å²) in [7, 11) is 0. The highest BCUT2D eigenvalue weighted by atomic mass is 16.5. The zero-order valence-electron chi connectivity index (χ0n) is 10.6. The number of fused-ring (bicyclic) bond motifs is 1. The second-order valence-corrected chi connectivity index (χ2v) is 4.96. The fraction of sp³-hybridized carbons (Fsp3) is 0.429. The molecule has 1 aliphatic heterocycles. The third-order valence-corrected chi connectivity index (χ3v) is 3.51. The lowest BCUT2D eigenvalue weighted by molar-refractivity contribution is 0.0547. The second-order valence-electron chi connectivity index (χ2n) is 4.96. The van der Waals surface area contributed by atoms with Crippen LogP contribution in [0.25, 0.3) is 5.65 Å². The molecule has 3 rings (SSSR count). The number of carbonyl (C=O) groups is 1. The molecule has 0 bridgehead atoms. The van der Waals surface area contributed by atoms with Gasteiger partial charge in [0.25, 0.3) is 0 Å². The van der Waals surface area contributed by atoms with Gasteiger partial charge in [-0.05, 0) is 37.3 Å². The summed E-state index contributed by atoms with van der Waals surface area (Å²) in [5.74, 6) is -0.442. The van der Waals surface area contributed by atoms with Crippen LogP contribution in [-0.2, 0) is 11.2 Å². The van der Waals surface area contributed by atoms with Crippen LogP contribution in [0.4, 0.5) is 0 Å². The predicted octanol–water partition coefficient (Wildman–Crippen LogP) is 2.00. The number of hydrogen-bond donors (Lipinski definition) is 1. The first-order valence-electron chi connectivity index (χ1n) is 6.52. The van der Waals surface area contributed by atoms with E-state index >= 15 is 0 Å². The minimum absolute atomic E-state index is 0.246. The maximum Gasteiger partial charge on any atom is 0.352 e. The van der Waals surface area contributed by atoms with E-state index in [1.165, 1.54) is 0 Å². The van der Waals surface area contributed by atoms with E-state index in [9.17, 15) is 4.79 Å². The number of pyridine rings is 1. The van der Waals surface area contributed by atoms with Gasteiger partial charge < -0.3 is 9.84 Å². The highest BCUT2D eigenvalue weighted by Crippen LogP contribution is 2.19. The summed E-state index contributed by atoms with van der Waals surface area (Å²) in [6.45, 7) is 1.63. The molecule has 3 heterocycles. The smallest absolute Gasteiger partial charge is 0.352 e. The minimum Gasteiger partial charge on any atom is -0.477 e. The van der Waals surface area contributed by atoms with E-state index in [1.54, 1.807) is 16.5 Å². The highest BCUT2D eigenvalue weighted by molar-refractivity contribution is 5.86. The van der Waals surface area contributed by atoms with Gasteiger partial charge in [-0.15, -0.1) is 0 Å². The van der Waals surface area contributed by atoms with Gasteiger partial charge >= 0.3 is 5.97 Å². The Kier molecular flexibility index (Phi) is 3.21. The van der Waals surface area contributed by atoms with Crippen LogP contribution in [0.1, 0.15) is 29.0 Å². The number of rotatable bonds is 3. The van der Waals surface area contributed by atoms with E-state index in [-0.39, 0.29) is 5.69 Å². The summed E-state index contributed by atoms with van der Waals surface area (Å²) in [5, 5.41) is 9.14. The molecule has 19 heavy (non-hydrogen) atoms. The molecule has 100 valence electrons. The van der Waals surface area contributed by atoms with Gasteiger partial charge in [-0.25, -0.2) is 9.78 Å². The van der Waals surface area contributed by atoms with E-state index in [1.807, 2.05) is 12.3 Å². The Morgan fingerprint density at radius 2 is 2.42 bits per heavy atom. The molecule has 5 heteroatoms. The van der Waals surface area contributed by atoms with Crippen LogP contribution in [0.2, 0.25) is 0 Å². The third kappa shape index (κ3) is 2.46. The van der Waals surface area contributed by atoms with Crippen molar-refractivity contribution in [1.82, 2.24) is 9.38 Å². The van der Waals surface area contributed by atoms with Crippen molar-refractivity contribution in [1.29, 1.82) is 0 Å². The van der Waals surface area contributed by atoms with Gasteiger partial charge in [0.05, 0.1) is 5.69 Å². The van der Waals surface area contributed by atoms with Gasteiger partial charge in [-0.3, -0.25) is 4.40 Å². The van der Waals surface area contributed by atoms with E-state index in [2.05, 4.69) is 4.98 Å². The van der Waals surface area contributed by atoms with Crippen LogP contribution in [0.15, 0.2) is 24.4 Å². The average Bonchev–Trinajstić information content (AvgIpc) is 2.81. The highest BCUT2D eigenvalue weighted by Gasteiger charge is 2.17. The van der Waals surface area contributed by atoms with Gasteiger partial charge in [0, 0.05) is 19.4 Å². The van der Waals surface area contributed by atoms with Crippen molar-refractivity contribution in [2.24, 2.45) is 5.92 Å². The Morgan fingerprint density at radius 1 is 1.53 bits per heavy atom. The van der Waals surface area contributed by atoms with Crippen molar-refractivity contribution in [3.05, 3.63) is 35.8 Å². The lowest BCUT2D eigenvalue weighted by atomic mass is 9.97. The number of nitrogens with zero attached hydrogens (tertiary/aromatic N) is 2. The first-order valence-corrected chi connectivity index (χ1v) is 6.52. The zero-order chi connectivity index (χ0) is 13.2. The number of carboxylic acid groups (broad SMARTS) is 1. The number of carboxylic acids is 1. The summed E-state index contributed by atoms with van der Waals surface area (Å²) < 4.78 is 7.10. The van der Waals surface area contributed by atoms with Crippen LogP contribution in [0.5, 0.6) is 0 Å². The van der Waals surface area contributed by atoms with Crippen LogP contribution < -0.4 is 0 Å². The summed E-state index contributed by atoms with van der Waals surface area (Å²) >= 11 is 0. The quantitative estimate of drug-likeness (QED) is 0.916. The maximum atomic E-state index is 11.1. The van der Waals surface area contributed by atoms with Crippen LogP contribution in [0, 0.1) is 5.92 Å². The SMILES string of the molecule is O=C(O)c1cccc2nc(CC3CCCOC3)cn12. The third-order valence-electron chi connectivity index (χ3n) is 3.51. The molecule has 5 nitrogen and oxygen atoms in total. The number of ether oxygens (including phenoxy) is 1. The van der Waals surface area contributed by atoms with Gasteiger partial charge in [0.1, 0.15) is 11.3 Å². The molecule has 2 aromatic heterocycles. The summed E-state index contributed by atoms with van der Waals surface area (Å²) in [6, 6.07) is 5.14. The monoisotopic (exact) mass is 260 g/mol. The lowest BCUT2D eigenvalue weighted by Gasteiger charge is -2.20. The van der Waals surface area contributed by atoms with Crippen LogP contribution in [-0.4, -0.2) is 33.7 Å². The standard InChI is InChI=1S/C14H16N2O3/c17-14(18)12-4-1-5-13-15-11(8-16(12)13)7-10-3-2-6-19-9-10/h1,4-5,8,10H,2-3,6-7,9H2,(H,17,18). The lowest BCUT2D eigenvalue weighted by Crippen LogP contribution is -2.19. The molecular formula is C14H16N2O3. The topological polar surface area (TPSA) is 63.8 Å². The van der Waals surface area contributed by atoms with E-state index < -0.39 is 5.97 Å². The van der Waals surface area contributed by atoms with Crippen molar-refractivity contribution < 1.29 is 14.6 Å². The number of hydrogen-bond acceptors (Lipinski definition) is 3. The van der Waals surface area contributed by atoms with Crippen LogP contribution in [0.3, 0.4) is 0 Å². The van der Waals surface area contributed by atoms with Crippen molar-refractivity contribution in [2.75, 3.05) is 13.2 Å². The summed E-state index contributed by atoms with van der Waals surface area (Å²) in [6.07, 6.45) is 4.92. The Hall–Kier alpha value is -1.88. The predicted molar refractivity (Wildman–Crippen MR) is 69.4 cm³/mol. The van der Waals surface area contributed by atoms with Crippen molar-refractivity contribution in [2.45, 2.75) is 19.3 Å². The largest absolute Gasteiger partial charge is 0.477 e. The maximum absolute atomic E-state index is 11.1. The molecule has 0 spiro atoms. The molecule has 1 aliphatic rings. The molecule has 0 aliphatic carbocycles. The minimum atomic E-state index is -0.935. The van der Waals surface area contributed by atoms with Gasteiger partial charge in [-0.1, -0.05) is 6.07 Å². The fourth-order valence-corrected chi connectivity index (χ4v) is 2.60. The van der Waals surface area contributed by atoms with E-state index in [4.69, 9.17) is 9.84 Å². The molecule has 1 saturated heterocycles. The van der Waals surface area contributed by atoms with E-state index in [0.29, 0.717) is 11.6 Å². The summed E-state index contributed by atoms with van der Waals surface area (Å²) in [4.78, 5) is 15.6. The fourth-order valence-electron chi connectivity index (χ4n) is 2.60. The first kappa shape index (κ1) is 12.2. The van der Waals surface area contributed by atoms with Crippen molar-refractivity contribution in [3.63, 3.8) is 0 Å². The Morgan fingerprint density at radius 3 is 3.16 bits per heavy atom. The van der Waals surface area contributed by atoms with Gasteiger partial charge in [0.15, 0.2) is 0 Å². The Labute approximate surface area is 110 Å². The zero-order valence-corrected chi connectivity index (χ0v) is 10.6. The number of imidazole rings is 1. The second kappa shape index (κ2) is 5.01. The molecule has 1 atom stereocenters. The van der Waals surface area contributed by atoms with Crippen molar-refractivity contribution in [3.8, 4) is 0 Å². The van der Waals surface area contributed by atoms with Gasteiger partial charge in [-0.2, -0.15) is 0 Å². The molecule has 0 radical (unpaired) electrons.